The molecule has 1 amide bonds. The molecule has 0 spiro atoms. The molecular weight excluding hydrogens is 394 g/mol. The first-order valence-electron chi connectivity index (χ1n) is 9.41. The van der Waals surface area contributed by atoms with Crippen LogP contribution in [0.5, 0.6) is 5.75 Å². The Morgan fingerprint density at radius 3 is 2.90 bits per heavy atom. The van der Waals surface area contributed by atoms with Crippen LogP contribution in [0.2, 0.25) is 0 Å². The molecule has 4 N–H and O–H groups in total. The monoisotopic (exact) mass is 421 g/mol. The minimum atomic E-state index is 0. The third-order valence-corrected chi connectivity index (χ3v) is 4.51. The van der Waals surface area contributed by atoms with Crippen molar-refractivity contribution >= 4 is 35.9 Å². The number of carbonyl (C=O) groups is 1. The molecule has 2 aromatic rings. The highest BCUT2D eigenvalue weighted by molar-refractivity contribution is 5.90. The molecule has 2 heterocycles. The molecule has 1 fully saturated rings. The van der Waals surface area contributed by atoms with Gasteiger partial charge in [0.2, 0.25) is 17.8 Å². The fourth-order valence-electron chi connectivity index (χ4n) is 3.02. The summed E-state index contributed by atoms with van der Waals surface area (Å²) in [6, 6.07) is 7.27. The topological polar surface area (TPSA) is 118 Å². The molecule has 9 nitrogen and oxygen atoms in total. The standard InChI is InChI=1S/C19H27N7O2.ClH/c1-26(2)19-24-16(23-18(20)25-19)12-28-15-5-3-4-14(10-15)22-17(27)7-6-13-8-9-21-11-13;/h3-5,10,13,21H,6-9,11-12H2,1-2H3,(H,22,27)(H2,20,23,24,25);1H. The van der Waals surface area contributed by atoms with Gasteiger partial charge in [-0.3, -0.25) is 4.79 Å². The maximum atomic E-state index is 12.2. The van der Waals surface area contributed by atoms with Gasteiger partial charge in [0.05, 0.1) is 0 Å². The number of hydrogen-bond donors (Lipinski definition) is 3. The van der Waals surface area contributed by atoms with Crippen molar-refractivity contribution in [3.63, 3.8) is 0 Å². The van der Waals surface area contributed by atoms with E-state index in [1.165, 1.54) is 0 Å². The lowest BCUT2D eigenvalue weighted by Crippen LogP contribution is -2.17. The Hall–Kier alpha value is -2.65. The van der Waals surface area contributed by atoms with Gasteiger partial charge < -0.3 is 26.0 Å². The van der Waals surface area contributed by atoms with Crippen LogP contribution in [-0.2, 0) is 11.4 Å². The van der Waals surface area contributed by atoms with Gasteiger partial charge in [-0.05, 0) is 44.0 Å². The zero-order valence-corrected chi connectivity index (χ0v) is 17.5. The van der Waals surface area contributed by atoms with Gasteiger partial charge in [0.15, 0.2) is 5.82 Å². The first-order chi connectivity index (χ1) is 13.5. The molecular formula is C19H28ClN7O2. The Morgan fingerprint density at radius 1 is 1.34 bits per heavy atom. The molecule has 0 aliphatic carbocycles. The summed E-state index contributed by atoms with van der Waals surface area (Å²) in [5, 5.41) is 6.25. The average Bonchev–Trinajstić information content (AvgIpc) is 3.18. The van der Waals surface area contributed by atoms with Gasteiger partial charge in [-0.2, -0.15) is 15.0 Å². The van der Waals surface area contributed by atoms with Gasteiger partial charge in [0.1, 0.15) is 12.4 Å². The summed E-state index contributed by atoms with van der Waals surface area (Å²) in [7, 11) is 3.66. The number of anilines is 3. The van der Waals surface area contributed by atoms with E-state index in [1.807, 2.05) is 32.3 Å². The van der Waals surface area contributed by atoms with Gasteiger partial charge in [-0.15, -0.1) is 12.4 Å². The van der Waals surface area contributed by atoms with E-state index in [0.29, 0.717) is 35.5 Å². The summed E-state index contributed by atoms with van der Waals surface area (Å²) in [5.74, 6) is 2.30. The first kappa shape index (κ1) is 22.6. The van der Waals surface area contributed by atoms with E-state index < -0.39 is 0 Å². The number of rotatable bonds is 8. The molecule has 1 aliphatic rings. The van der Waals surface area contributed by atoms with Crippen molar-refractivity contribution in [3.8, 4) is 5.75 Å². The summed E-state index contributed by atoms with van der Waals surface area (Å²) in [6.07, 6.45) is 2.58. The summed E-state index contributed by atoms with van der Waals surface area (Å²) in [4.78, 5) is 26.4. The number of benzene rings is 1. The van der Waals surface area contributed by atoms with Crippen molar-refractivity contribution in [2.24, 2.45) is 5.92 Å². The number of nitrogens with two attached hydrogens (primary N) is 1. The number of amides is 1. The SMILES string of the molecule is CN(C)c1nc(N)nc(COc2cccc(NC(=O)CCC3CCNC3)c2)n1.Cl. The third-order valence-electron chi connectivity index (χ3n) is 4.51. The summed E-state index contributed by atoms with van der Waals surface area (Å²) < 4.78 is 5.76. The molecule has 0 saturated carbocycles. The predicted octanol–water partition coefficient (Wildman–Crippen LogP) is 1.85. The normalized spacial score (nSPS) is 15.4. The number of hydrogen-bond acceptors (Lipinski definition) is 8. The molecule has 29 heavy (non-hydrogen) atoms. The number of nitrogen functional groups attached to an aromatic ring is 1. The lowest BCUT2D eigenvalue weighted by molar-refractivity contribution is -0.116. The van der Waals surface area contributed by atoms with Crippen molar-refractivity contribution in [2.75, 3.05) is 43.1 Å². The zero-order chi connectivity index (χ0) is 19.9. The quantitative estimate of drug-likeness (QED) is 0.590. The molecule has 0 bridgehead atoms. The zero-order valence-electron chi connectivity index (χ0n) is 16.7. The van der Waals surface area contributed by atoms with Crippen LogP contribution < -0.4 is 26.0 Å². The highest BCUT2D eigenvalue weighted by Gasteiger charge is 2.15. The van der Waals surface area contributed by atoms with Gasteiger partial charge >= 0.3 is 0 Å². The van der Waals surface area contributed by atoms with E-state index in [2.05, 4.69) is 25.6 Å². The third kappa shape index (κ3) is 7.03. The van der Waals surface area contributed by atoms with Crippen LogP contribution in [0.15, 0.2) is 24.3 Å². The number of carbonyl (C=O) groups excluding carboxylic acids is 1. The second-order valence-electron chi connectivity index (χ2n) is 7.07. The molecule has 0 radical (unpaired) electrons. The van der Waals surface area contributed by atoms with E-state index in [1.54, 1.807) is 11.0 Å². The molecule has 1 aromatic carbocycles. The van der Waals surface area contributed by atoms with Crippen LogP contribution >= 0.6 is 12.4 Å². The van der Waals surface area contributed by atoms with Crippen molar-refractivity contribution in [2.45, 2.75) is 25.9 Å². The number of nitrogens with one attached hydrogen (secondary N) is 2. The summed E-state index contributed by atoms with van der Waals surface area (Å²) in [5.41, 5.74) is 6.43. The largest absolute Gasteiger partial charge is 0.486 e. The molecule has 3 rings (SSSR count). The Labute approximate surface area is 176 Å². The van der Waals surface area contributed by atoms with Gasteiger partial charge in [0.25, 0.3) is 0 Å². The van der Waals surface area contributed by atoms with Crippen LogP contribution in [0.4, 0.5) is 17.6 Å². The molecule has 10 heteroatoms. The lowest BCUT2D eigenvalue weighted by Gasteiger charge is -2.12. The minimum Gasteiger partial charge on any atom is -0.486 e. The molecule has 1 atom stereocenters. The fourth-order valence-corrected chi connectivity index (χ4v) is 3.02. The van der Waals surface area contributed by atoms with Crippen molar-refractivity contribution in [3.05, 3.63) is 30.1 Å². The van der Waals surface area contributed by atoms with Crippen molar-refractivity contribution in [1.82, 2.24) is 20.3 Å². The van der Waals surface area contributed by atoms with Gasteiger partial charge in [-0.25, -0.2) is 0 Å². The average molecular weight is 422 g/mol. The predicted molar refractivity (Wildman–Crippen MR) is 115 cm³/mol. The Morgan fingerprint density at radius 2 is 2.17 bits per heavy atom. The smallest absolute Gasteiger partial charge is 0.230 e. The number of aromatic nitrogens is 3. The first-order valence-corrected chi connectivity index (χ1v) is 9.41. The summed E-state index contributed by atoms with van der Waals surface area (Å²) >= 11 is 0. The van der Waals surface area contributed by atoms with Crippen LogP contribution in [0.1, 0.15) is 25.1 Å². The second-order valence-corrected chi connectivity index (χ2v) is 7.07. The number of ether oxygens (including phenoxy) is 1. The lowest BCUT2D eigenvalue weighted by atomic mass is 10.0. The highest BCUT2D eigenvalue weighted by Crippen LogP contribution is 2.20. The van der Waals surface area contributed by atoms with E-state index in [-0.39, 0.29) is 30.9 Å². The Kier molecular flexibility index (Phi) is 8.41. The van der Waals surface area contributed by atoms with Crippen LogP contribution in [0, 0.1) is 5.92 Å². The highest BCUT2D eigenvalue weighted by atomic mass is 35.5. The van der Waals surface area contributed by atoms with Crippen LogP contribution in [-0.4, -0.2) is 48.0 Å². The molecule has 1 unspecified atom stereocenters. The van der Waals surface area contributed by atoms with E-state index >= 15 is 0 Å². The molecule has 1 saturated heterocycles. The maximum Gasteiger partial charge on any atom is 0.230 e. The maximum absolute atomic E-state index is 12.2. The minimum absolute atomic E-state index is 0. The fraction of sp³-hybridized carbons (Fsp3) is 0.474. The molecule has 1 aromatic heterocycles. The Balaban J connectivity index is 0.00000300. The van der Waals surface area contributed by atoms with E-state index in [0.717, 1.165) is 25.9 Å². The van der Waals surface area contributed by atoms with Gasteiger partial charge in [0, 0.05) is 32.3 Å². The number of halogens is 1. The molecule has 158 valence electrons. The number of nitrogens with zero attached hydrogens (tertiary/aromatic N) is 4. The Bertz CT molecular complexity index is 813. The van der Waals surface area contributed by atoms with Gasteiger partial charge in [-0.1, -0.05) is 6.07 Å². The summed E-state index contributed by atoms with van der Waals surface area (Å²) in [6.45, 7) is 2.21. The van der Waals surface area contributed by atoms with Crippen molar-refractivity contribution < 1.29 is 9.53 Å². The van der Waals surface area contributed by atoms with E-state index in [9.17, 15) is 4.79 Å². The molecule has 1 aliphatic heterocycles. The van der Waals surface area contributed by atoms with Crippen LogP contribution in [0.25, 0.3) is 0 Å². The van der Waals surface area contributed by atoms with Crippen LogP contribution in [0.3, 0.4) is 0 Å². The second kappa shape index (κ2) is 10.8. The van der Waals surface area contributed by atoms with Crippen molar-refractivity contribution in [1.29, 1.82) is 0 Å². The van der Waals surface area contributed by atoms with E-state index in [4.69, 9.17) is 10.5 Å².